The molecule has 0 bridgehead atoms. The van der Waals surface area contributed by atoms with Crippen LogP contribution in [0.5, 0.6) is 11.5 Å². The lowest BCUT2D eigenvalue weighted by Crippen LogP contribution is -1.87. The van der Waals surface area contributed by atoms with Gasteiger partial charge < -0.3 is 10.1 Å². The van der Waals surface area contributed by atoms with E-state index in [-0.39, 0.29) is 0 Å². The van der Waals surface area contributed by atoms with Crippen LogP contribution in [0.1, 0.15) is 27.7 Å². The minimum atomic E-state index is 0.847. The van der Waals surface area contributed by atoms with Gasteiger partial charge in [0.1, 0.15) is 11.5 Å². The largest absolute Gasteiger partial charge is 0.457 e. The Labute approximate surface area is 117 Å². The zero-order valence-corrected chi connectivity index (χ0v) is 12.6. The van der Waals surface area contributed by atoms with E-state index in [0.717, 1.165) is 17.2 Å². The second-order valence-electron chi connectivity index (χ2n) is 3.19. The normalized spacial score (nSPS) is 8.26. The third-order valence-corrected chi connectivity index (χ3v) is 2.12. The molecule has 2 nitrogen and oxygen atoms in total. The highest BCUT2D eigenvalue weighted by Crippen LogP contribution is 2.22. The van der Waals surface area contributed by atoms with Gasteiger partial charge in [-0.2, -0.15) is 0 Å². The third-order valence-electron chi connectivity index (χ3n) is 2.12. The van der Waals surface area contributed by atoms with E-state index in [2.05, 4.69) is 5.32 Å². The van der Waals surface area contributed by atoms with Crippen LogP contribution < -0.4 is 10.1 Å². The fourth-order valence-corrected chi connectivity index (χ4v) is 1.31. The number of benzene rings is 2. The molecule has 0 fully saturated rings. The van der Waals surface area contributed by atoms with Gasteiger partial charge in [-0.15, -0.1) is 0 Å². The van der Waals surface area contributed by atoms with Gasteiger partial charge in [0.15, 0.2) is 0 Å². The summed E-state index contributed by atoms with van der Waals surface area (Å²) in [6, 6.07) is 17.6. The first-order chi connectivity index (χ1) is 9.38. The zero-order valence-electron chi connectivity index (χ0n) is 12.6. The Morgan fingerprint density at radius 3 is 1.63 bits per heavy atom. The van der Waals surface area contributed by atoms with E-state index in [1.54, 1.807) is 0 Å². The zero-order chi connectivity index (χ0) is 14.5. The van der Waals surface area contributed by atoms with Crippen LogP contribution in [-0.4, -0.2) is 7.05 Å². The van der Waals surface area contributed by atoms with Gasteiger partial charge in [-0.3, -0.25) is 0 Å². The van der Waals surface area contributed by atoms with Crippen LogP contribution in [0.2, 0.25) is 0 Å². The van der Waals surface area contributed by atoms with Crippen LogP contribution in [0, 0.1) is 0 Å². The van der Waals surface area contributed by atoms with Crippen molar-refractivity contribution in [2.24, 2.45) is 0 Å². The Kier molecular flexibility index (Phi) is 10.00. The van der Waals surface area contributed by atoms with Gasteiger partial charge in [0.25, 0.3) is 0 Å². The van der Waals surface area contributed by atoms with Crippen LogP contribution in [-0.2, 0) is 0 Å². The summed E-state index contributed by atoms with van der Waals surface area (Å²) in [6.07, 6.45) is 0. The molecule has 2 heteroatoms. The number of hydrogen-bond acceptors (Lipinski definition) is 2. The van der Waals surface area contributed by atoms with Gasteiger partial charge in [0.05, 0.1) is 0 Å². The van der Waals surface area contributed by atoms with Crippen molar-refractivity contribution in [3.05, 3.63) is 54.6 Å². The Hall–Kier alpha value is -1.96. The van der Waals surface area contributed by atoms with Gasteiger partial charge in [-0.05, 0) is 36.4 Å². The summed E-state index contributed by atoms with van der Waals surface area (Å²) >= 11 is 0. The Bertz CT molecular complexity index is 409. The average Bonchev–Trinajstić information content (AvgIpc) is 2.53. The molecule has 0 atom stereocenters. The standard InChI is InChI=1S/C13H13NO.2C2H6/c1-14-11-7-9-13(10-8-11)15-12-5-3-2-4-6-12;2*1-2/h2-10,14H,1H3;2*1-2H3. The third kappa shape index (κ3) is 6.51. The summed E-state index contributed by atoms with van der Waals surface area (Å²) < 4.78 is 5.65. The fraction of sp³-hybridized carbons (Fsp3) is 0.294. The number of anilines is 1. The van der Waals surface area contributed by atoms with Crippen molar-refractivity contribution in [3.63, 3.8) is 0 Å². The molecule has 0 radical (unpaired) electrons. The van der Waals surface area contributed by atoms with Crippen molar-refractivity contribution in [1.82, 2.24) is 0 Å². The predicted molar refractivity (Wildman–Crippen MR) is 85.2 cm³/mol. The van der Waals surface area contributed by atoms with Crippen molar-refractivity contribution in [3.8, 4) is 11.5 Å². The molecular weight excluding hydrogens is 234 g/mol. The Balaban J connectivity index is 0.000000741. The second kappa shape index (κ2) is 11.1. The summed E-state index contributed by atoms with van der Waals surface area (Å²) in [5, 5.41) is 3.06. The molecule has 104 valence electrons. The maximum absolute atomic E-state index is 5.65. The van der Waals surface area contributed by atoms with Gasteiger partial charge in [0.2, 0.25) is 0 Å². The molecule has 0 aliphatic heterocycles. The van der Waals surface area contributed by atoms with E-state index >= 15 is 0 Å². The molecule has 0 saturated heterocycles. The number of nitrogens with one attached hydrogen (secondary N) is 1. The highest BCUT2D eigenvalue weighted by Gasteiger charge is 1.95. The van der Waals surface area contributed by atoms with Crippen LogP contribution in [0.25, 0.3) is 0 Å². The highest BCUT2D eigenvalue weighted by molar-refractivity contribution is 5.46. The second-order valence-corrected chi connectivity index (χ2v) is 3.19. The van der Waals surface area contributed by atoms with E-state index in [4.69, 9.17) is 4.74 Å². The van der Waals surface area contributed by atoms with Crippen molar-refractivity contribution in [2.45, 2.75) is 27.7 Å². The Morgan fingerprint density at radius 2 is 1.16 bits per heavy atom. The van der Waals surface area contributed by atoms with Gasteiger partial charge >= 0.3 is 0 Å². The number of ether oxygens (including phenoxy) is 1. The molecular formula is C17H25NO. The molecule has 0 aromatic heterocycles. The van der Waals surface area contributed by atoms with Crippen molar-refractivity contribution >= 4 is 5.69 Å². The molecule has 2 rings (SSSR count). The maximum Gasteiger partial charge on any atom is 0.127 e. The smallest absolute Gasteiger partial charge is 0.127 e. The quantitative estimate of drug-likeness (QED) is 0.777. The van der Waals surface area contributed by atoms with Crippen molar-refractivity contribution in [1.29, 1.82) is 0 Å². The lowest BCUT2D eigenvalue weighted by molar-refractivity contribution is 0.483. The van der Waals surface area contributed by atoms with E-state index in [0.29, 0.717) is 0 Å². The molecule has 0 saturated carbocycles. The Morgan fingerprint density at radius 1 is 0.684 bits per heavy atom. The number of hydrogen-bond donors (Lipinski definition) is 1. The minimum Gasteiger partial charge on any atom is -0.457 e. The van der Waals surface area contributed by atoms with E-state index in [9.17, 15) is 0 Å². The number of para-hydroxylation sites is 1. The molecule has 2 aromatic rings. The van der Waals surface area contributed by atoms with E-state index in [1.807, 2.05) is 89.3 Å². The summed E-state index contributed by atoms with van der Waals surface area (Å²) in [7, 11) is 1.90. The number of rotatable bonds is 3. The van der Waals surface area contributed by atoms with Gasteiger partial charge in [0, 0.05) is 12.7 Å². The molecule has 1 N–H and O–H groups in total. The summed E-state index contributed by atoms with van der Waals surface area (Å²) in [6.45, 7) is 8.00. The average molecular weight is 259 g/mol. The summed E-state index contributed by atoms with van der Waals surface area (Å²) in [5.41, 5.74) is 1.08. The maximum atomic E-state index is 5.65. The van der Waals surface area contributed by atoms with Gasteiger partial charge in [-0.25, -0.2) is 0 Å². The van der Waals surface area contributed by atoms with E-state index in [1.165, 1.54) is 0 Å². The molecule has 0 amide bonds. The predicted octanol–water partition coefficient (Wildman–Crippen LogP) is 5.57. The van der Waals surface area contributed by atoms with Crippen LogP contribution in [0.15, 0.2) is 54.6 Å². The first kappa shape index (κ1) is 17.0. The first-order valence-electron chi connectivity index (χ1n) is 6.89. The minimum absolute atomic E-state index is 0.847. The topological polar surface area (TPSA) is 21.3 Å². The van der Waals surface area contributed by atoms with Gasteiger partial charge in [-0.1, -0.05) is 45.9 Å². The molecule has 0 spiro atoms. The SMILES string of the molecule is CC.CC.CNc1ccc(Oc2ccccc2)cc1. The lowest BCUT2D eigenvalue weighted by atomic mass is 10.3. The molecule has 19 heavy (non-hydrogen) atoms. The molecule has 0 heterocycles. The molecule has 0 aliphatic carbocycles. The van der Waals surface area contributed by atoms with Crippen LogP contribution in [0.3, 0.4) is 0 Å². The molecule has 2 aromatic carbocycles. The van der Waals surface area contributed by atoms with E-state index < -0.39 is 0 Å². The van der Waals surface area contributed by atoms with Crippen molar-refractivity contribution < 1.29 is 4.74 Å². The summed E-state index contributed by atoms with van der Waals surface area (Å²) in [4.78, 5) is 0. The van der Waals surface area contributed by atoms with Crippen LogP contribution >= 0.6 is 0 Å². The summed E-state index contributed by atoms with van der Waals surface area (Å²) in [5.74, 6) is 1.70. The lowest BCUT2D eigenvalue weighted by Gasteiger charge is -2.06. The molecule has 0 aliphatic rings. The van der Waals surface area contributed by atoms with Crippen LogP contribution in [0.4, 0.5) is 5.69 Å². The fourth-order valence-electron chi connectivity index (χ4n) is 1.31. The monoisotopic (exact) mass is 259 g/mol. The van der Waals surface area contributed by atoms with Crippen molar-refractivity contribution in [2.75, 3.05) is 12.4 Å². The molecule has 0 unspecified atom stereocenters. The first-order valence-corrected chi connectivity index (χ1v) is 6.89. The highest BCUT2D eigenvalue weighted by atomic mass is 16.5.